The van der Waals surface area contributed by atoms with Crippen molar-refractivity contribution in [1.82, 2.24) is 0 Å². The Balaban J connectivity index is 1.68. The van der Waals surface area contributed by atoms with E-state index in [1.54, 1.807) is 11.8 Å². The summed E-state index contributed by atoms with van der Waals surface area (Å²) in [4.78, 5) is 26.9. The third kappa shape index (κ3) is 4.23. The molecule has 130 valence electrons. The molecule has 0 unspecified atom stereocenters. The number of benzene rings is 2. The van der Waals surface area contributed by atoms with Gasteiger partial charge in [0.2, 0.25) is 11.8 Å². The monoisotopic (exact) mass is 354 g/mol. The minimum Gasteiger partial charge on any atom is -0.326 e. The standard InChI is InChI=1S/C20H22N2O2S/c1-14(25-18-11-9-17(10-12-18)21-15(2)23)20(24)22-13-5-7-16-6-3-4-8-19(16)22/h3-4,6,8-12,14H,5,7,13H2,1-2H3,(H,21,23)/t14-/m1/s1. The summed E-state index contributed by atoms with van der Waals surface area (Å²) in [7, 11) is 0. The van der Waals surface area contributed by atoms with Gasteiger partial charge in [-0.25, -0.2) is 0 Å². The number of aryl methyl sites for hydroxylation is 1. The van der Waals surface area contributed by atoms with Crippen molar-refractivity contribution in [2.24, 2.45) is 0 Å². The fraction of sp³-hybridized carbons (Fsp3) is 0.300. The second-order valence-corrected chi connectivity index (χ2v) is 7.60. The molecule has 0 saturated heterocycles. The lowest BCUT2D eigenvalue weighted by Gasteiger charge is -2.31. The van der Waals surface area contributed by atoms with Crippen molar-refractivity contribution in [3.63, 3.8) is 0 Å². The fourth-order valence-electron chi connectivity index (χ4n) is 3.06. The van der Waals surface area contributed by atoms with Crippen molar-refractivity contribution in [1.29, 1.82) is 0 Å². The van der Waals surface area contributed by atoms with Gasteiger partial charge in [0.1, 0.15) is 0 Å². The van der Waals surface area contributed by atoms with Crippen molar-refractivity contribution in [2.75, 3.05) is 16.8 Å². The predicted octanol–water partition coefficient (Wildman–Crippen LogP) is 4.11. The SMILES string of the molecule is CC(=O)Nc1ccc(S[C@H](C)C(=O)N2CCCc3ccccc32)cc1. The highest BCUT2D eigenvalue weighted by Crippen LogP contribution is 2.31. The zero-order chi connectivity index (χ0) is 17.8. The van der Waals surface area contributed by atoms with Gasteiger partial charge in [0.05, 0.1) is 5.25 Å². The van der Waals surface area contributed by atoms with Gasteiger partial charge in [-0.3, -0.25) is 9.59 Å². The van der Waals surface area contributed by atoms with E-state index in [1.165, 1.54) is 12.5 Å². The molecule has 0 saturated carbocycles. The number of hydrogen-bond acceptors (Lipinski definition) is 3. The molecule has 1 atom stereocenters. The second kappa shape index (κ2) is 7.74. The number of amides is 2. The van der Waals surface area contributed by atoms with E-state index in [0.717, 1.165) is 35.7 Å². The average Bonchev–Trinajstić information content (AvgIpc) is 2.62. The minimum atomic E-state index is -0.169. The Morgan fingerprint density at radius 1 is 1.12 bits per heavy atom. The van der Waals surface area contributed by atoms with E-state index in [2.05, 4.69) is 11.4 Å². The summed E-state index contributed by atoms with van der Waals surface area (Å²) in [6.45, 7) is 4.22. The zero-order valence-electron chi connectivity index (χ0n) is 14.5. The number of thioether (sulfide) groups is 1. The van der Waals surface area contributed by atoms with Crippen LogP contribution in [0.4, 0.5) is 11.4 Å². The summed E-state index contributed by atoms with van der Waals surface area (Å²) < 4.78 is 0. The molecule has 2 aromatic rings. The van der Waals surface area contributed by atoms with Crippen molar-refractivity contribution in [2.45, 2.75) is 36.8 Å². The minimum absolute atomic E-state index is 0.0901. The number of carbonyl (C=O) groups is 2. The molecule has 0 fully saturated rings. The molecule has 4 nitrogen and oxygen atoms in total. The van der Waals surface area contributed by atoms with Gasteiger partial charge in [-0.15, -0.1) is 11.8 Å². The van der Waals surface area contributed by atoms with Crippen LogP contribution < -0.4 is 10.2 Å². The second-order valence-electron chi connectivity index (χ2n) is 6.19. The molecule has 0 radical (unpaired) electrons. The smallest absolute Gasteiger partial charge is 0.240 e. The van der Waals surface area contributed by atoms with Crippen molar-refractivity contribution in [3.05, 3.63) is 54.1 Å². The van der Waals surface area contributed by atoms with Gasteiger partial charge in [0.25, 0.3) is 0 Å². The molecule has 0 bridgehead atoms. The highest BCUT2D eigenvalue weighted by molar-refractivity contribution is 8.00. The van der Waals surface area contributed by atoms with E-state index >= 15 is 0 Å². The maximum absolute atomic E-state index is 12.9. The molecular weight excluding hydrogens is 332 g/mol. The summed E-state index contributed by atoms with van der Waals surface area (Å²) in [5.74, 6) is 0.0517. The predicted molar refractivity (Wildman–Crippen MR) is 103 cm³/mol. The molecule has 3 rings (SSSR count). The molecule has 1 heterocycles. The lowest BCUT2D eigenvalue weighted by molar-refractivity contribution is -0.118. The van der Waals surface area contributed by atoms with Crippen LogP contribution in [0.15, 0.2) is 53.4 Å². The van der Waals surface area contributed by atoms with Crippen molar-refractivity contribution >= 4 is 35.0 Å². The maximum Gasteiger partial charge on any atom is 0.240 e. The molecule has 5 heteroatoms. The number of carbonyl (C=O) groups excluding carboxylic acids is 2. The Kier molecular flexibility index (Phi) is 5.43. The van der Waals surface area contributed by atoms with Gasteiger partial charge in [0, 0.05) is 29.7 Å². The van der Waals surface area contributed by atoms with Gasteiger partial charge < -0.3 is 10.2 Å². The first-order valence-corrected chi connectivity index (χ1v) is 9.36. The fourth-order valence-corrected chi connectivity index (χ4v) is 3.99. The van der Waals surface area contributed by atoms with Crippen molar-refractivity contribution < 1.29 is 9.59 Å². The maximum atomic E-state index is 12.9. The van der Waals surface area contributed by atoms with E-state index in [1.807, 2.05) is 54.3 Å². The Morgan fingerprint density at radius 2 is 1.84 bits per heavy atom. The Morgan fingerprint density at radius 3 is 2.56 bits per heavy atom. The highest BCUT2D eigenvalue weighted by atomic mass is 32.2. The first-order chi connectivity index (χ1) is 12.0. The lowest BCUT2D eigenvalue weighted by atomic mass is 10.0. The summed E-state index contributed by atoms with van der Waals surface area (Å²) in [6.07, 6.45) is 2.04. The molecule has 2 amide bonds. The largest absolute Gasteiger partial charge is 0.326 e. The number of para-hydroxylation sites is 1. The third-order valence-electron chi connectivity index (χ3n) is 4.21. The van der Waals surface area contributed by atoms with Gasteiger partial charge >= 0.3 is 0 Å². The topological polar surface area (TPSA) is 49.4 Å². The summed E-state index contributed by atoms with van der Waals surface area (Å²) >= 11 is 1.54. The number of anilines is 2. The van der Waals surface area contributed by atoms with Gasteiger partial charge in [-0.2, -0.15) is 0 Å². The van der Waals surface area contributed by atoms with Crippen LogP contribution in [0.3, 0.4) is 0 Å². The number of nitrogens with one attached hydrogen (secondary N) is 1. The van der Waals surface area contributed by atoms with Crippen LogP contribution in [0.1, 0.15) is 25.8 Å². The van der Waals surface area contributed by atoms with Gasteiger partial charge in [-0.05, 0) is 55.7 Å². The highest BCUT2D eigenvalue weighted by Gasteiger charge is 2.26. The summed E-state index contributed by atoms with van der Waals surface area (Å²) in [5.41, 5.74) is 3.06. The lowest BCUT2D eigenvalue weighted by Crippen LogP contribution is -2.40. The van der Waals surface area contributed by atoms with Crippen LogP contribution in [0, 0.1) is 0 Å². The molecule has 1 aliphatic heterocycles. The van der Waals surface area contributed by atoms with Crippen molar-refractivity contribution in [3.8, 4) is 0 Å². The first kappa shape index (κ1) is 17.5. The summed E-state index contributed by atoms with van der Waals surface area (Å²) in [5, 5.41) is 2.58. The molecule has 0 spiro atoms. The van der Waals surface area contributed by atoms with Crippen LogP contribution in [-0.4, -0.2) is 23.6 Å². The third-order valence-corrected chi connectivity index (χ3v) is 5.31. The Labute approximate surface area is 152 Å². The quantitative estimate of drug-likeness (QED) is 0.841. The Hall–Kier alpha value is -2.27. The molecular formula is C20H22N2O2S. The zero-order valence-corrected chi connectivity index (χ0v) is 15.3. The molecule has 2 aromatic carbocycles. The Bertz CT molecular complexity index is 774. The van der Waals surface area contributed by atoms with E-state index < -0.39 is 0 Å². The molecule has 1 aliphatic rings. The molecule has 25 heavy (non-hydrogen) atoms. The van der Waals surface area contributed by atoms with Crippen LogP contribution in [0.25, 0.3) is 0 Å². The van der Waals surface area contributed by atoms with E-state index in [9.17, 15) is 9.59 Å². The van der Waals surface area contributed by atoms with E-state index in [-0.39, 0.29) is 17.1 Å². The molecule has 0 aliphatic carbocycles. The van der Waals surface area contributed by atoms with E-state index in [0.29, 0.717) is 0 Å². The molecule has 0 aromatic heterocycles. The number of fused-ring (bicyclic) bond motifs is 1. The first-order valence-electron chi connectivity index (χ1n) is 8.48. The number of rotatable bonds is 4. The van der Waals surface area contributed by atoms with Crippen LogP contribution in [-0.2, 0) is 16.0 Å². The normalized spacial score (nSPS) is 14.6. The van der Waals surface area contributed by atoms with Crippen LogP contribution in [0.5, 0.6) is 0 Å². The van der Waals surface area contributed by atoms with Crippen LogP contribution in [0.2, 0.25) is 0 Å². The van der Waals surface area contributed by atoms with Gasteiger partial charge in [0.15, 0.2) is 0 Å². The number of hydrogen-bond donors (Lipinski definition) is 1. The van der Waals surface area contributed by atoms with Crippen LogP contribution >= 0.6 is 11.8 Å². The average molecular weight is 354 g/mol. The number of nitrogens with zero attached hydrogens (tertiary/aromatic N) is 1. The van der Waals surface area contributed by atoms with E-state index in [4.69, 9.17) is 0 Å². The molecule has 1 N–H and O–H groups in total. The summed E-state index contributed by atoms with van der Waals surface area (Å²) in [6, 6.07) is 15.7. The van der Waals surface area contributed by atoms with Gasteiger partial charge in [-0.1, -0.05) is 18.2 Å².